The molecule has 2 unspecified atom stereocenters. The Morgan fingerprint density at radius 3 is 2.54 bits per heavy atom. The quantitative estimate of drug-likeness (QED) is 0.717. The third-order valence-electron chi connectivity index (χ3n) is 4.18. The van der Waals surface area contributed by atoms with Crippen LogP contribution in [0.2, 0.25) is 5.02 Å². The molecule has 1 heterocycles. The number of rotatable bonds is 5. The number of ether oxygens (including phenoxy) is 1. The van der Waals surface area contributed by atoms with Gasteiger partial charge in [-0.1, -0.05) is 35.9 Å². The molecule has 2 aromatic carbocycles. The van der Waals surface area contributed by atoms with Gasteiger partial charge in [0.2, 0.25) is 0 Å². The summed E-state index contributed by atoms with van der Waals surface area (Å²) < 4.78 is 5.11. The average Bonchev–Trinajstić information content (AvgIpc) is 2.66. The smallest absolute Gasteiger partial charge is 0.270 e. The standard InChI is InChI=1S/C20H19ClN2O3/c1-12(19(24)14-4-8-16(26-2)9-5-14)22-20(25)17-10-6-13-3-7-15(21)11-18(13)23-17/h3-12,19,24H,1-2H3,(H,22,25). The second-order valence-electron chi connectivity index (χ2n) is 6.01. The molecule has 0 saturated heterocycles. The first-order chi connectivity index (χ1) is 12.5. The predicted molar refractivity (Wildman–Crippen MR) is 102 cm³/mol. The lowest BCUT2D eigenvalue weighted by atomic mass is 10.0. The number of carbonyl (C=O) groups is 1. The fourth-order valence-corrected chi connectivity index (χ4v) is 2.83. The number of hydrogen-bond donors (Lipinski definition) is 2. The van der Waals surface area contributed by atoms with E-state index < -0.39 is 12.1 Å². The molecule has 0 bridgehead atoms. The van der Waals surface area contributed by atoms with Crippen molar-refractivity contribution in [3.05, 3.63) is 70.9 Å². The van der Waals surface area contributed by atoms with E-state index in [-0.39, 0.29) is 11.6 Å². The molecule has 0 aliphatic heterocycles. The summed E-state index contributed by atoms with van der Waals surface area (Å²) >= 11 is 5.98. The van der Waals surface area contributed by atoms with Crippen molar-refractivity contribution in [1.82, 2.24) is 10.3 Å². The molecule has 3 aromatic rings. The van der Waals surface area contributed by atoms with Crippen molar-refractivity contribution in [1.29, 1.82) is 0 Å². The number of nitrogens with one attached hydrogen (secondary N) is 1. The van der Waals surface area contributed by atoms with E-state index >= 15 is 0 Å². The van der Waals surface area contributed by atoms with E-state index in [1.807, 2.05) is 12.1 Å². The molecule has 2 N–H and O–H groups in total. The highest BCUT2D eigenvalue weighted by Gasteiger charge is 2.20. The Hall–Kier alpha value is -2.63. The van der Waals surface area contributed by atoms with Gasteiger partial charge in [-0.25, -0.2) is 4.98 Å². The molecule has 5 nitrogen and oxygen atoms in total. The van der Waals surface area contributed by atoms with Crippen LogP contribution in [0.15, 0.2) is 54.6 Å². The van der Waals surface area contributed by atoms with Crippen LogP contribution in [-0.2, 0) is 0 Å². The Morgan fingerprint density at radius 2 is 1.85 bits per heavy atom. The van der Waals surface area contributed by atoms with Crippen molar-refractivity contribution in [3.8, 4) is 5.75 Å². The molecule has 0 radical (unpaired) electrons. The number of carbonyl (C=O) groups excluding carboxylic acids is 1. The summed E-state index contributed by atoms with van der Waals surface area (Å²) in [6.45, 7) is 1.74. The van der Waals surface area contributed by atoms with E-state index in [2.05, 4.69) is 10.3 Å². The van der Waals surface area contributed by atoms with Gasteiger partial charge < -0.3 is 15.2 Å². The lowest BCUT2D eigenvalue weighted by Gasteiger charge is -2.20. The molecule has 26 heavy (non-hydrogen) atoms. The molecule has 1 aromatic heterocycles. The van der Waals surface area contributed by atoms with Crippen LogP contribution >= 0.6 is 11.6 Å². The highest BCUT2D eigenvalue weighted by atomic mass is 35.5. The number of halogens is 1. The van der Waals surface area contributed by atoms with Gasteiger partial charge >= 0.3 is 0 Å². The van der Waals surface area contributed by atoms with Crippen LogP contribution in [0, 0.1) is 0 Å². The molecule has 134 valence electrons. The van der Waals surface area contributed by atoms with Crippen LogP contribution in [0.5, 0.6) is 5.75 Å². The van der Waals surface area contributed by atoms with Gasteiger partial charge in [0.15, 0.2) is 0 Å². The summed E-state index contributed by atoms with van der Waals surface area (Å²) in [6.07, 6.45) is -0.847. The Labute approximate surface area is 156 Å². The summed E-state index contributed by atoms with van der Waals surface area (Å²) in [5.41, 5.74) is 1.61. The molecule has 1 amide bonds. The number of aliphatic hydroxyl groups is 1. The summed E-state index contributed by atoms with van der Waals surface area (Å²) in [7, 11) is 1.58. The number of fused-ring (bicyclic) bond motifs is 1. The Kier molecular flexibility index (Phi) is 5.40. The van der Waals surface area contributed by atoms with Gasteiger partial charge in [-0.2, -0.15) is 0 Å². The predicted octanol–water partition coefficient (Wildman–Crippen LogP) is 3.75. The highest BCUT2D eigenvalue weighted by molar-refractivity contribution is 6.31. The number of amides is 1. The molecule has 0 fully saturated rings. The van der Waals surface area contributed by atoms with Crippen LogP contribution in [-0.4, -0.2) is 29.1 Å². The third-order valence-corrected chi connectivity index (χ3v) is 4.41. The van der Waals surface area contributed by atoms with E-state index in [0.29, 0.717) is 21.9 Å². The average molecular weight is 371 g/mol. The third kappa shape index (κ3) is 3.95. The van der Waals surface area contributed by atoms with Gasteiger partial charge in [-0.05, 0) is 42.8 Å². The minimum Gasteiger partial charge on any atom is -0.497 e. The van der Waals surface area contributed by atoms with Crippen molar-refractivity contribution >= 4 is 28.4 Å². The molecule has 2 atom stereocenters. The second kappa shape index (κ2) is 7.72. The van der Waals surface area contributed by atoms with Crippen molar-refractivity contribution in [3.63, 3.8) is 0 Å². The van der Waals surface area contributed by atoms with Crippen molar-refractivity contribution in [2.24, 2.45) is 0 Å². The number of pyridine rings is 1. The molecular weight excluding hydrogens is 352 g/mol. The zero-order chi connectivity index (χ0) is 18.7. The van der Waals surface area contributed by atoms with Gasteiger partial charge in [0.1, 0.15) is 11.4 Å². The van der Waals surface area contributed by atoms with E-state index in [9.17, 15) is 9.90 Å². The summed E-state index contributed by atoms with van der Waals surface area (Å²) in [4.78, 5) is 16.8. The van der Waals surface area contributed by atoms with E-state index in [0.717, 1.165) is 5.39 Å². The fraction of sp³-hybridized carbons (Fsp3) is 0.200. The maximum Gasteiger partial charge on any atom is 0.270 e. The molecule has 0 spiro atoms. The van der Waals surface area contributed by atoms with E-state index in [4.69, 9.17) is 16.3 Å². The minimum absolute atomic E-state index is 0.272. The first kappa shape index (κ1) is 18.2. The van der Waals surface area contributed by atoms with E-state index in [1.54, 1.807) is 56.5 Å². The van der Waals surface area contributed by atoms with Crippen LogP contribution in [0.25, 0.3) is 10.9 Å². The number of methoxy groups -OCH3 is 1. The van der Waals surface area contributed by atoms with Gasteiger partial charge in [0, 0.05) is 10.4 Å². The maximum atomic E-state index is 12.5. The summed E-state index contributed by atoms with van der Waals surface area (Å²) in [5.74, 6) is 0.351. The Bertz CT molecular complexity index is 928. The van der Waals surface area contributed by atoms with Crippen LogP contribution in [0.4, 0.5) is 0 Å². The Morgan fingerprint density at radius 1 is 1.15 bits per heavy atom. The van der Waals surface area contributed by atoms with Crippen LogP contribution in [0.1, 0.15) is 29.1 Å². The fourth-order valence-electron chi connectivity index (χ4n) is 2.67. The lowest BCUT2D eigenvalue weighted by molar-refractivity contribution is 0.0847. The zero-order valence-corrected chi connectivity index (χ0v) is 15.2. The van der Waals surface area contributed by atoms with Gasteiger partial charge in [0.25, 0.3) is 5.91 Å². The molecule has 6 heteroatoms. The van der Waals surface area contributed by atoms with Crippen molar-refractivity contribution in [2.75, 3.05) is 7.11 Å². The normalized spacial score (nSPS) is 13.2. The topological polar surface area (TPSA) is 71.5 Å². The van der Waals surface area contributed by atoms with Crippen molar-refractivity contribution < 1.29 is 14.6 Å². The first-order valence-electron chi connectivity index (χ1n) is 8.17. The number of aliphatic hydroxyl groups excluding tert-OH is 1. The molecule has 3 rings (SSSR count). The SMILES string of the molecule is COc1ccc(C(O)C(C)NC(=O)c2ccc3ccc(Cl)cc3n2)cc1. The zero-order valence-electron chi connectivity index (χ0n) is 14.4. The van der Waals surface area contributed by atoms with Crippen LogP contribution < -0.4 is 10.1 Å². The molecule has 0 aliphatic rings. The lowest BCUT2D eigenvalue weighted by Crippen LogP contribution is -2.37. The van der Waals surface area contributed by atoms with E-state index in [1.165, 1.54) is 0 Å². The second-order valence-corrected chi connectivity index (χ2v) is 6.45. The number of aromatic nitrogens is 1. The number of benzene rings is 2. The van der Waals surface area contributed by atoms with Gasteiger partial charge in [-0.3, -0.25) is 4.79 Å². The molecule has 0 aliphatic carbocycles. The highest BCUT2D eigenvalue weighted by Crippen LogP contribution is 2.21. The van der Waals surface area contributed by atoms with Gasteiger partial charge in [0.05, 0.1) is 24.8 Å². The minimum atomic E-state index is -0.847. The summed E-state index contributed by atoms with van der Waals surface area (Å²) in [6, 6.07) is 15.4. The monoisotopic (exact) mass is 370 g/mol. The summed E-state index contributed by atoms with van der Waals surface area (Å²) in [5, 5.41) is 14.7. The van der Waals surface area contributed by atoms with Crippen LogP contribution in [0.3, 0.4) is 0 Å². The van der Waals surface area contributed by atoms with Gasteiger partial charge in [-0.15, -0.1) is 0 Å². The maximum absolute atomic E-state index is 12.5. The first-order valence-corrected chi connectivity index (χ1v) is 8.55. The number of hydrogen-bond acceptors (Lipinski definition) is 4. The molecular formula is C20H19ClN2O3. The Balaban J connectivity index is 1.73. The number of nitrogens with zero attached hydrogens (tertiary/aromatic N) is 1. The molecule has 0 saturated carbocycles. The van der Waals surface area contributed by atoms with Crippen molar-refractivity contribution in [2.45, 2.75) is 19.1 Å². The largest absolute Gasteiger partial charge is 0.497 e.